The molecule has 96 valence electrons. The van der Waals surface area contributed by atoms with Gasteiger partial charge in [-0.05, 0) is 30.0 Å². The van der Waals surface area contributed by atoms with Crippen molar-refractivity contribution in [3.05, 3.63) is 34.4 Å². The highest BCUT2D eigenvalue weighted by molar-refractivity contribution is 8.01. The van der Waals surface area contributed by atoms with E-state index in [1.54, 1.807) is 17.4 Å². The van der Waals surface area contributed by atoms with E-state index >= 15 is 0 Å². The molecule has 0 radical (unpaired) electrons. The number of hydrogen-bond donors (Lipinski definition) is 1. The summed E-state index contributed by atoms with van der Waals surface area (Å²) in [6.45, 7) is 0. The fourth-order valence-corrected chi connectivity index (χ4v) is 3.90. The van der Waals surface area contributed by atoms with Gasteiger partial charge < -0.3 is 5.73 Å². The van der Waals surface area contributed by atoms with Crippen molar-refractivity contribution in [1.82, 2.24) is 15.0 Å². The van der Waals surface area contributed by atoms with Crippen LogP contribution >= 0.6 is 46.3 Å². The summed E-state index contributed by atoms with van der Waals surface area (Å²) in [6.07, 6.45) is 0. The summed E-state index contributed by atoms with van der Waals surface area (Å²) in [5.74, 6) is 0.152. The van der Waals surface area contributed by atoms with Crippen LogP contribution in [0.3, 0.4) is 0 Å². The van der Waals surface area contributed by atoms with Crippen molar-refractivity contribution in [2.75, 3.05) is 5.73 Å². The lowest BCUT2D eigenvalue weighted by Crippen LogP contribution is -1.95. The van der Waals surface area contributed by atoms with Crippen molar-refractivity contribution in [1.29, 1.82) is 0 Å². The van der Waals surface area contributed by atoms with Gasteiger partial charge in [0.2, 0.25) is 5.95 Å². The summed E-state index contributed by atoms with van der Waals surface area (Å²) in [5, 5.41) is 1.66. The van der Waals surface area contributed by atoms with E-state index in [0.717, 1.165) is 14.6 Å². The fourth-order valence-electron chi connectivity index (χ4n) is 1.48. The van der Waals surface area contributed by atoms with Crippen LogP contribution in [0.15, 0.2) is 33.6 Å². The van der Waals surface area contributed by atoms with Crippen LogP contribution in [0.5, 0.6) is 0 Å². The highest BCUT2D eigenvalue weighted by Gasteiger charge is 2.08. The third-order valence-electron chi connectivity index (χ3n) is 2.21. The first-order valence-corrected chi connectivity index (χ1v) is 7.53. The third-order valence-corrected chi connectivity index (χ3v) is 4.65. The van der Waals surface area contributed by atoms with Crippen LogP contribution < -0.4 is 5.73 Å². The van der Waals surface area contributed by atoms with Crippen LogP contribution in [0, 0.1) is 0 Å². The fraction of sp³-hybridized carbons (Fsp3) is 0. The summed E-state index contributed by atoms with van der Waals surface area (Å²) < 4.78 is 1.92. The van der Waals surface area contributed by atoms with Gasteiger partial charge in [0.15, 0.2) is 4.34 Å². The predicted molar refractivity (Wildman–Crippen MR) is 80.2 cm³/mol. The number of hydrogen-bond acceptors (Lipinski definition) is 6. The molecule has 2 aromatic heterocycles. The van der Waals surface area contributed by atoms with Crippen molar-refractivity contribution in [2.24, 2.45) is 0 Å². The molecule has 19 heavy (non-hydrogen) atoms. The van der Waals surface area contributed by atoms with E-state index in [-0.39, 0.29) is 5.95 Å². The number of rotatable bonds is 2. The first-order valence-electron chi connectivity index (χ1n) is 5.14. The maximum absolute atomic E-state index is 5.93. The molecule has 0 spiro atoms. The smallest absolute Gasteiger partial charge is 0.222 e. The van der Waals surface area contributed by atoms with Crippen molar-refractivity contribution < 1.29 is 0 Å². The molecule has 0 amide bonds. The SMILES string of the molecule is Nc1nc(Cl)cc(Sc2nc3cc(Cl)ccc3s2)n1. The summed E-state index contributed by atoms with van der Waals surface area (Å²) in [7, 11) is 0. The Morgan fingerprint density at radius 1 is 1.11 bits per heavy atom. The predicted octanol–water partition coefficient (Wildman–Crippen LogP) is 4.13. The van der Waals surface area contributed by atoms with Crippen LogP contribution in [0.25, 0.3) is 10.2 Å². The Kier molecular flexibility index (Phi) is 3.49. The van der Waals surface area contributed by atoms with E-state index in [1.807, 2.05) is 18.2 Å². The first kappa shape index (κ1) is 12.9. The van der Waals surface area contributed by atoms with Crippen molar-refractivity contribution >= 4 is 62.5 Å². The summed E-state index contributed by atoms with van der Waals surface area (Å²) in [4.78, 5) is 12.4. The second kappa shape index (κ2) is 5.13. The molecule has 3 rings (SSSR count). The Balaban J connectivity index is 1.96. The molecule has 2 heterocycles. The van der Waals surface area contributed by atoms with Gasteiger partial charge in [-0.3, -0.25) is 0 Å². The lowest BCUT2D eigenvalue weighted by Gasteiger charge is -1.98. The maximum atomic E-state index is 5.93. The summed E-state index contributed by atoms with van der Waals surface area (Å²) in [5.41, 5.74) is 6.42. The highest BCUT2D eigenvalue weighted by atomic mass is 35.5. The van der Waals surface area contributed by atoms with Gasteiger partial charge in [-0.1, -0.05) is 23.2 Å². The second-order valence-corrected chi connectivity index (χ2v) is 6.70. The first-order chi connectivity index (χ1) is 9.10. The molecule has 8 heteroatoms. The van der Waals surface area contributed by atoms with E-state index in [2.05, 4.69) is 15.0 Å². The minimum absolute atomic E-state index is 0.152. The van der Waals surface area contributed by atoms with Gasteiger partial charge in [0.1, 0.15) is 10.2 Å². The molecule has 0 saturated heterocycles. The second-order valence-electron chi connectivity index (χ2n) is 3.58. The standard InChI is InChI=1S/C11H6Cl2N4S2/c12-5-1-2-7-6(3-5)15-11(18-7)19-9-4-8(13)16-10(14)17-9/h1-4H,(H2,14,16,17). The number of nitrogens with zero attached hydrogens (tertiary/aromatic N) is 3. The molecule has 3 aromatic rings. The Morgan fingerprint density at radius 2 is 1.95 bits per heavy atom. The van der Waals surface area contributed by atoms with E-state index in [1.165, 1.54) is 11.8 Å². The molecular formula is C11H6Cl2N4S2. The normalized spacial score (nSPS) is 11.1. The monoisotopic (exact) mass is 328 g/mol. The summed E-state index contributed by atoms with van der Waals surface area (Å²) in [6, 6.07) is 7.27. The molecule has 2 N–H and O–H groups in total. The number of aromatic nitrogens is 3. The Labute approximate surface area is 127 Å². The van der Waals surface area contributed by atoms with Crippen LogP contribution in [0.1, 0.15) is 0 Å². The number of benzene rings is 1. The number of thiazole rings is 1. The van der Waals surface area contributed by atoms with E-state index in [0.29, 0.717) is 15.2 Å². The van der Waals surface area contributed by atoms with Crippen molar-refractivity contribution in [3.63, 3.8) is 0 Å². The van der Waals surface area contributed by atoms with E-state index < -0.39 is 0 Å². The molecule has 0 unspecified atom stereocenters. The minimum atomic E-state index is 0.152. The molecule has 0 bridgehead atoms. The summed E-state index contributed by atoms with van der Waals surface area (Å²) >= 11 is 14.7. The molecule has 0 aliphatic rings. The Bertz CT molecular complexity index is 739. The van der Waals surface area contributed by atoms with Gasteiger partial charge >= 0.3 is 0 Å². The molecule has 0 aliphatic heterocycles. The van der Waals surface area contributed by atoms with Crippen LogP contribution in [0.4, 0.5) is 5.95 Å². The van der Waals surface area contributed by atoms with Gasteiger partial charge in [-0.25, -0.2) is 15.0 Å². The van der Waals surface area contributed by atoms with Crippen LogP contribution in [0.2, 0.25) is 10.2 Å². The number of nitrogens with two attached hydrogens (primary N) is 1. The van der Waals surface area contributed by atoms with Crippen LogP contribution in [-0.2, 0) is 0 Å². The lowest BCUT2D eigenvalue weighted by atomic mass is 10.3. The molecule has 1 aromatic carbocycles. The molecule has 4 nitrogen and oxygen atoms in total. The number of anilines is 1. The van der Waals surface area contributed by atoms with Gasteiger partial charge in [-0.15, -0.1) is 11.3 Å². The molecule has 0 atom stereocenters. The Hall–Kier alpha value is -1.08. The van der Waals surface area contributed by atoms with Crippen molar-refractivity contribution in [3.8, 4) is 0 Å². The zero-order valence-electron chi connectivity index (χ0n) is 9.30. The van der Waals surface area contributed by atoms with E-state index in [4.69, 9.17) is 28.9 Å². The van der Waals surface area contributed by atoms with Gasteiger partial charge in [0, 0.05) is 11.1 Å². The number of halogens is 2. The molecular weight excluding hydrogens is 323 g/mol. The lowest BCUT2D eigenvalue weighted by molar-refractivity contribution is 1.06. The average molecular weight is 329 g/mol. The number of fused-ring (bicyclic) bond motifs is 1. The van der Waals surface area contributed by atoms with E-state index in [9.17, 15) is 0 Å². The highest BCUT2D eigenvalue weighted by Crippen LogP contribution is 2.35. The van der Waals surface area contributed by atoms with Crippen molar-refractivity contribution in [2.45, 2.75) is 9.37 Å². The third kappa shape index (κ3) is 2.92. The average Bonchev–Trinajstić information content (AvgIpc) is 2.68. The molecule has 0 fully saturated rings. The topological polar surface area (TPSA) is 64.7 Å². The van der Waals surface area contributed by atoms with Gasteiger partial charge in [0.25, 0.3) is 0 Å². The zero-order valence-corrected chi connectivity index (χ0v) is 12.4. The molecule has 0 aliphatic carbocycles. The Morgan fingerprint density at radius 3 is 2.74 bits per heavy atom. The largest absolute Gasteiger partial charge is 0.368 e. The minimum Gasteiger partial charge on any atom is -0.368 e. The molecule has 0 saturated carbocycles. The van der Waals surface area contributed by atoms with Gasteiger partial charge in [-0.2, -0.15) is 0 Å². The zero-order chi connectivity index (χ0) is 13.4. The van der Waals surface area contributed by atoms with Crippen LogP contribution in [-0.4, -0.2) is 15.0 Å². The maximum Gasteiger partial charge on any atom is 0.222 e. The quantitative estimate of drug-likeness (QED) is 0.716. The number of nitrogen functional groups attached to an aromatic ring is 1. The van der Waals surface area contributed by atoms with Gasteiger partial charge in [0.05, 0.1) is 10.2 Å².